The summed E-state index contributed by atoms with van der Waals surface area (Å²) in [6, 6.07) is 4.70. The maximum atomic E-state index is 13.7. The first kappa shape index (κ1) is 12.4. The Morgan fingerprint density at radius 3 is 2.78 bits per heavy atom. The van der Waals surface area contributed by atoms with E-state index < -0.39 is 6.10 Å². The first-order valence-electron chi connectivity index (χ1n) is 6.75. The molecular weight excluding hydrogens is 251 g/mol. The summed E-state index contributed by atoms with van der Waals surface area (Å²) in [5, 5.41) is 10.7. The van der Waals surface area contributed by atoms with E-state index in [4.69, 9.17) is 11.6 Å². The predicted molar refractivity (Wildman–Crippen MR) is 70.1 cm³/mol. The average molecular weight is 269 g/mol. The highest BCUT2D eigenvalue weighted by Crippen LogP contribution is 2.49. The Morgan fingerprint density at radius 2 is 2.17 bits per heavy atom. The van der Waals surface area contributed by atoms with Crippen LogP contribution < -0.4 is 0 Å². The summed E-state index contributed by atoms with van der Waals surface area (Å²) in [5.41, 5.74) is 0.578. The van der Waals surface area contributed by atoms with Crippen LogP contribution in [0.3, 0.4) is 0 Å². The lowest BCUT2D eigenvalue weighted by atomic mass is 9.82. The molecule has 1 aromatic rings. The van der Waals surface area contributed by atoms with Gasteiger partial charge in [0.15, 0.2) is 0 Å². The normalized spacial score (nSPS) is 31.8. The van der Waals surface area contributed by atoms with Crippen molar-refractivity contribution in [3.63, 3.8) is 0 Å². The van der Waals surface area contributed by atoms with Crippen molar-refractivity contribution in [3.05, 3.63) is 34.6 Å². The molecule has 2 fully saturated rings. The Bertz CT molecular complexity index is 448. The molecule has 98 valence electrons. The minimum atomic E-state index is -0.407. The van der Waals surface area contributed by atoms with Crippen LogP contribution in [-0.4, -0.2) is 11.2 Å². The molecule has 0 saturated heterocycles. The van der Waals surface area contributed by atoms with Crippen LogP contribution in [0, 0.1) is 23.6 Å². The Morgan fingerprint density at radius 1 is 1.33 bits per heavy atom. The second-order valence-corrected chi connectivity index (χ2v) is 6.28. The van der Waals surface area contributed by atoms with Gasteiger partial charge in [0.2, 0.25) is 0 Å². The van der Waals surface area contributed by atoms with Crippen LogP contribution in [0.5, 0.6) is 0 Å². The van der Waals surface area contributed by atoms with Crippen molar-refractivity contribution in [2.45, 2.75) is 38.2 Å². The van der Waals surface area contributed by atoms with E-state index >= 15 is 0 Å². The topological polar surface area (TPSA) is 20.2 Å². The van der Waals surface area contributed by atoms with Crippen LogP contribution in [0.25, 0.3) is 0 Å². The number of halogens is 2. The Kier molecular flexibility index (Phi) is 3.33. The minimum Gasteiger partial charge on any atom is -0.392 e. The molecule has 0 amide bonds. The molecule has 2 aliphatic rings. The van der Waals surface area contributed by atoms with Gasteiger partial charge in [-0.3, -0.25) is 0 Å². The molecule has 2 saturated carbocycles. The molecule has 1 aromatic carbocycles. The van der Waals surface area contributed by atoms with Gasteiger partial charge in [-0.05, 0) is 54.7 Å². The summed E-state index contributed by atoms with van der Waals surface area (Å²) < 4.78 is 13.7. The van der Waals surface area contributed by atoms with Gasteiger partial charge < -0.3 is 5.11 Å². The number of aliphatic hydroxyl groups is 1. The Balaban J connectivity index is 1.69. The molecular formula is C15H18ClFO. The van der Waals surface area contributed by atoms with Crippen molar-refractivity contribution >= 4 is 11.6 Å². The van der Waals surface area contributed by atoms with Gasteiger partial charge in [-0.1, -0.05) is 24.1 Å². The van der Waals surface area contributed by atoms with Gasteiger partial charge in [-0.25, -0.2) is 4.39 Å². The van der Waals surface area contributed by atoms with Crippen LogP contribution in [-0.2, 0) is 6.42 Å². The predicted octanol–water partition coefficient (Wildman–Crippen LogP) is 3.82. The lowest BCUT2D eigenvalue weighted by molar-refractivity contribution is 0.0743. The molecule has 4 unspecified atom stereocenters. The van der Waals surface area contributed by atoms with Crippen molar-refractivity contribution in [3.8, 4) is 0 Å². The monoisotopic (exact) mass is 268 g/mol. The Hall–Kier alpha value is -0.600. The van der Waals surface area contributed by atoms with Gasteiger partial charge in [0.05, 0.1) is 6.10 Å². The maximum Gasteiger partial charge on any atom is 0.127 e. The summed E-state index contributed by atoms with van der Waals surface area (Å²) >= 11 is 5.73. The van der Waals surface area contributed by atoms with Crippen molar-refractivity contribution in [1.82, 2.24) is 0 Å². The summed E-state index contributed by atoms with van der Waals surface area (Å²) in [6.45, 7) is 0. The summed E-state index contributed by atoms with van der Waals surface area (Å²) in [4.78, 5) is 0. The van der Waals surface area contributed by atoms with E-state index in [1.165, 1.54) is 25.3 Å². The number of aliphatic hydroxyl groups excluding tert-OH is 1. The van der Waals surface area contributed by atoms with Gasteiger partial charge in [-0.2, -0.15) is 0 Å². The first-order valence-corrected chi connectivity index (χ1v) is 7.13. The Labute approximate surface area is 112 Å². The second kappa shape index (κ2) is 4.82. The van der Waals surface area contributed by atoms with Gasteiger partial charge in [0, 0.05) is 11.4 Å². The summed E-state index contributed by atoms with van der Waals surface area (Å²) in [5.74, 6) is 1.55. The van der Waals surface area contributed by atoms with Crippen LogP contribution in [0.1, 0.15) is 31.2 Å². The fraction of sp³-hybridized carbons (Fsp3) is 0.600. The molecule has 0 heterocycles. The molecule has 0 radical (unpaired) electrons. The fourth-order valence-corrected chi connectivity index (χ4v) is 3.99. The zero-order valence-corrected chi connectivity index (χ0v) is 11.0. The molecule has 4 atom stereocenters. The van der Waals surface area contributed by atoms with Gasteiger partial charge in [-0.15, -0.1) is 0 Å². The van der Waals surface area contributed by atoms with Gasteiger partial charge in [0.1, 0.15) is 5.82 Å². The van der Waals surface area contributed by atoms with Crippen LogP contribution >= 0.6 is 11.6 Å². The van der Waals surface area contributed by atoms with E-state index in [-0.39, 0.29) is 5.82 Å². The number of fused-ring (bicyclic) bond motifs is 2. The number of hydrogen-bond donors (Lipinski definition) is 1. The van der Waals surface area contributed by atoms with E-state index in [1.54, 1.807) is 12.1 Å². The summed E-state index contributed by atoms with van der Waals surface area (Å²) in [7, 11) is 0. The average Bonchev–Trinajstić information content (AvgIpc) is 2.94. The molecule has 3 rings (SSSR count). The van der Waals surface area contributed by atoms with Crippen molar-refractivity contribution in [2.75, 3.05) is 0 Å². The summed E-state index contributed by atoms with van der Waals surface area (Å²) in [6.07, 6.45) is 4.97. The molecule has 0 spiro atoms. The first-order chi connectivity index (χ1) is 8.63. The quantitative estimate of drug-likeness (QED) is 0.884. The zero-order chi connectivity index (χ0) is 12.7. The molecule has 18 heavy (non-hydrogen) atoms. The largest absolute Gasteiger partial charge is 0.392 e. The van der Waals surface area contributed by atoms with Crippen molar-refractivity contribution in [2.24, 2.45) is 17.8 Å². The standard InChI is InChI=1S/C15H18ClFO/c16-12-4-3-11(14(17)8-12)7-15(18)13-6-9-1-2-10(13)5-9/h3-4,8-10,13,15,18H,1-2,5-7H2. The van der Waals surface area contributed by atoms with Crippen molar-refractivity contribution in [1.29, 1.82) is 0 Å². The highest BCUT2D eigenvalue weighted by Gasteiger charge is 2.42. The molecule has 3 heteroatoms. The number of rotatable bonds is 3. The van der Waals surface area contributed by atoms with Crippen LogP contribution in [0.2, 0.25) is 5.02 Å². The van der Waals surface area contributed by atoms with E-state index in [2.05, 4.69) is 0 Å². The molecule has 1 N–H and O–H groups in total. The fourth-order valence-electron chi connectivity index (χ4n) is 3.83. The van der Waals surface area contributed by atoms with Gasteiger partial charge in [0.25, 0.3) is 0 Å². The zero-order valence-electron chi connectivity index (χ0n) is 10.3. The van der Waals surface area contributed by atoms with Crippen LogP contribution in [0.15, 0.2) is 18.2 Å². The van der Waals surface area contributed by atoms with E-state index in [0.717, 1.165) is 12.3 Å². The molecule has 0 aromatic heterocycles. The molecule has 2 aliphatic carbocycles. The second-order valence-electron chi connectivity index (χ2n) is 5.85. The third kappa shape index (κ3) is 2.28. The number of hydrogen-bond acceptors (Lipinski definition) is 1. The highest BCUT2D eigenvalue weighted by atomic mass is 35.5. The minimum absolute atomic E-state index is 0.301. The smallest absolute Gasteiger partial charge is 0.127 e. The van der Waals surface area contributed by atoms with E-state index in [0.29, 0.717) is 28.8 Å². The lowest BCUT2D eigenvalue weighted by Crippen LogP contribution is -2.27. The SMILES string of the molecule is OC(Cc1ccc(Cl)cc1F)C1CC2CCC1C2. The lowest BCUT2D eigenvalue weighted by Gasteiger charge is -2.27. The van der Waals surface area contributed by atoms with Crippen molar-refractivity contribution < 1.29 is 9.50 Å². The third-order valence-electron chi connectivity index (χ3n) is 4.73. The van der Waals surface area contributed by atoms with Gasteiger partial charge >= 0.3 is 0 Å². The third-order valence-corrected chi connectivity index (χ3v) is 4.97. The molecule has 0 aliphatic heterocycles. The van der Waals surface area contributed by atoms with E-state index in [9.17, 15) is 9.50 Å². The molecule has 1 nitrogen and oxygen atoms in total. The van der Waals surface area contributed by atoms with E-state index in [1.807, 2.05) is 0 Å². The maximum absolute atomic E-state index is 13.7. The number of benzene rings is 1. The van der Waals surface area contributed by atoms with Crippen LogP contribution in [0.4, 0.5) is 4.39 Å². The highest BCUT2D eigenvalue weighted by molar-refractivity contribution is 6.30. The molecule has 2 bridgehead atoms.